The van der Waals surface area contributed by atoms with E-state index in [4.69, 9.17) is 5.73 Å². The van der Waals surface area contributed by atoms with E-state index < -0.39 is 5.91 Å². The maximum atomic E-state index is 10.8. The zero-order chi connectivity index (χ0) is 9.14. The second-order valence-corrected chi connectivity index (χ2v) is 2.38. The van der Waals surface area contributed by atoms with Gasteiger partial charge in [0, 0.05) is 18.0 Å². The van der Waals surface area contributed by atoms with Gasteiger partial charge in [-0.15, -0.1) is 0 Å². The van der Waals surface area contributed by atoms with E-state index in [0.717, 1.165) is 0 Å². The van der Waals surface area contributed by atoms with Crippen molar-refractivity contribution in [2.24, 2.45) is 5.73 Å². The van der Waals surface area contributed by atoms with Crippen molar-refractivity contribution in [3.05, 3.63) is 29.6 Å². The first kappa shape index (κ1) is 8.39. The van der Waals surface area contributed by atoms with Gasteiger partial charge in [0.2, 0.25) is 5.91 Å². The van der Waals surface area contributed by atoms with Crippen molar-refractivity contribution in [1.82, 2.24) is 4.98 Å². The number of rotatable bonds is 2. The number of nitrogens with zero attached hydrogens (tertiary/aromatic N) is 1. The van der Waals surface area contributed by atoms with Crippen LogP contribution in [0.2, 0.25) is 0 Å². The van der Waals surface area contributed by atoms with Crippen LogP contribution in [-0.2, 0) is 0 Å². The predicted octanol–water partition coefficient (Wildman–Crippen LogP) is 0.383. The van der Waals surface area contributed by atoms with E-state index >= 15 is 0 Å². The van der Waals surface area contributed by atoms with E-state index in [1.54, 1.807) is 0 Å². The SMILES string of the molecule is CC(=O)c1cncc(C(N)=O)c1. The molecule has 1 amide bonds. The molecule has 2 N–H and O–H groups in total. The molecule has 0 saturated heterocycles. The van der Waals surface area contributed by atoms with Crippen LogP contribution in [0.15, 0.2) is 18.5 Å². The first-order valence-corrected chi connectivity index (χ1v) is 3.37. The Labute approximate surface area is 69.4 Å². The number of pyridine rings is 1. The summed E-state index contributed by atoms with van der Waals surface area (Å²) < 4.78 is 0. The number of carbonyl (C=O) groups is 2. The Morgan fingerprint density at radius 1 is 1.33 bits per heavy atom. The third-order valence-electron chi connectivity index (χ3n) is 1.43. The van der Waals surface area contributed by atoms with Crippen LogP contribution in [-0.4, -0.2) is 16.7 Å². The average molecular weight is 164 g/mol. The number of amides is 1. The summed E-state index contributed by atoms with van der Waals surface area (Å²) in [6.45, 7) is 1.40. The van der Waals surface area contributed by atoms with Gasteiger partial charge in [-0.05, 0) is 13.0 Å². The molecule has 0 aliphatic rings. The normalized spacial score (nSPS) is 9.42. The highest BCUT2D eigenvalue weighted by molar-refractivity contribution is 5.98. The Balaban J connectivity index is 3.12. The van der Waals surface area contributed by atoms with E-state index in [9.17, 15) is 9.59 Å². The molecule has 0 aromatic carbocycles. The maximum Gasteiger partial charge on any atom is 0.250 e. The molecular weight excluding hydrogens is 156 g/mol. The summed E-state index contributed by atoms with van der Waals surface area (Å²) in [5.41, 5.74) is 5.64. The maximum absolute atomic E-state index is 10.8. The highest BCUT2D eigenvalue weighted by atomic mass is 16.1. The van der Waals surface area contributed by atoms with Gasteiger partial charge >= 0.3 is 0 Å². The molecule has 1 rings (SSSR count). The summed E-state index contributed by atoms with van der Waals surface area (Å²) in [6.07, 6.45) is 2.73. The summed E-state index contributed by atoms with van der Waals surface area (Å²) in [4.78, 5) is 25.2. The smallest absolute Gasteiger partial charge is 0.250 e. The van der Waals surface area contributed by atoms with E-state index in [1.807, 2.05) is 0 Å². The monoisotopic (exact) mass is 164 g/mol. The summed E-state index contributed by atoms with van der Waals surface area (Å²) in [7, 11) is 0. The molecule has 1 heterocycles. The molecule has 4 nitrogen and oxygen atoms in total. The molecule has 0 atom stereocenters. The fourth-order valence-corrected chi connectivity index (χ4v) is 0.767. The average Bonchev–Trinajstić information content (AvgIpc) is 2.04. The van der Waals surface area contributed by atoms with E-state index in [1.165, 1.54) is 25.4 Å². The molecule has 0 unspecified atom stereocenters. The van der Waals surface area contributed by atoms with Gasteiger partial charge in [-0.2, -0.15) is 0 Å². The summed E-state index contributed by atoms with van der Waals surface area (Å²) in [5.74, 6) is -0.712. The van der Waals surface area contributed by atoms with Crippen molar-refractivity contribution < 1.29 is 9.59 Å². The number of hydrogen-bond acceptors (Lipinski definition) is 3. The second-order valence-electron chi connectivity index (χ2n) is 2.38. The van der Waals surface area contributed by atoms with Crippen LogP contribution in [0.3, 0.4) is 0 Å². The minimum Gasteiger partial charge on any atom is -0.366 e. The van der Waals surface area contributed by atoms with Gasteiger partial charge < -0.3 is 5.73 Å². The molecule has 0 fully saturated rings. The van der Waals surface area contributed by atoms with Gasteiger partial charge in [-0.1, -0.05) is 0 Å². The molecule has 0 spiro atoms. The highest BCUT2D eigenvalue weighted by Gasteiger charge is 2.04. The molecular formula is C8H8N2O2. The number of nitrogens with two attached hydrogens (primary N) is 1. The number of carbonyl (C=O) groups excluding carboxylic acids is 2. The fraction of sp³-hybridized carbons (Fsp3) is 0.125. The van der Waals surface area contributed by atoms with Gasteiger partial charge in [-0.25, -0.2) is 0 Å². The number of ketones is 1. The molecule has 0 saturated carbocycles. The zero-order valence-electron chi connectivity index (χ0n) is 6.57. The summed E-state index contributed by atoms with van der Waals surface area (Å²) >= 11 is 0. The van der Waals surface area contributed by atoms with Crippen molar-refractivity contribution in [1.29, 1.82) is 0 Å². The molecule has 0 aliphatic heterocycles. The minimum absolute atomic E-state index is 0.134. The lowest BCUT2D eigenvalue weighted by Crippen LogP contribution is -2.12. The Morgan fingerprint density at radius 2 is 1.92 bits per heavy atom. The van der Waals surface area contributed by atoms with Crippen molar-refractivity contribution in [2.45, 2.75) is 6.92 Å². The van der Waals surface area contributed by atoms with E-state index in [2.05, 4.69) is 4.98 Å². The standard InChI is InChI=1S/C8H8N2O2/c1-5(11)6-2-7(8(9)12)4-10-3-6/h2-4H,1H3,(H2,9,12). The third-order valence-corrected chi connectivity index (χ3v) is 1.43. The second kappa shape index (κ2) is 3.13. The lowest BCUT2D eigenvalue weighted by Gasteiger charge is -1.96. The topological polar surface area (TPSA) is 73.1 Å². The fourth-order valence-electron chi connectivity index (χ4n) is 0.767. The van der Waals surface area contributed by atoms with Gasteiger partial charge in [0.25, 0.3) is 0 Å². The Morgan fingerprint density at radius 3 is 2.42 bits per heavy atom. The Hall–Kier alpha value is -1.71. The van der Waals surface area contributed by atoms with Gasteiger partial charge in [-0.3, -0.25) is 14.6 Å². The number of aromatic nitrogens is 1. The van der Waals surface area contributed by atoms with Crippen LogP contribution in [0.5, 0.6) is 0 Å². The lowest BCUT2D eigenvalue weighted by atomic mass is 10.1. The van der Waals surface area contributed by atoms with Crippen LogP contribution in [0.1, 0.15) is 27.6 Å². The number of hydrogen-bond donors (Lipinski definition) is 1. The van der Waals surface area contributed by atoms with Crippen LogP contribution in [0.4, 0.5) is 0 Å². The van der Waals surface area contributed by atoms with Crippen molar-refractivity contribution in [3.63, 3.8) is 0 Å². The minimum atomic E-state index is -0.578. The molecule has 0 bridgehead atoms. The Bertz CT molecular complexity index is 304. The molecule has 0 radical (unpaired) electrons. The number of Topliss-reactive ketones (excluding diaryl/α,β-unsaturated/α-hetero) is 1. The van der Waals surface area contributed by atoms with E-state index in [0.29, 0.717) is 5.56 Å². The van der Waals surface area contributed by atoms with Crippen LogP contribution in [0.25, 0.3) is 0 Å². The summed E-state index contributed by atoms with van der Waals surface area (Å²) in [5, 5.41) is 0. The molecule has 0 aliphatic carbocycles. The summed E-state index contributed by atoms with van der Waals surface area (Å²) in [6, 6.07) is 1.43. The lowest BCUT2D eigenvalue weighted by molar-refractivity contribution is 0.1000. The van der Waals surface area contributed by atoms with E-state index in [-0.39, 0.29) is 11.3 Å². The van der Waals surface area contributed by atoms with Crippen molar-refractivity contribution in [2.75, 3.05) is 0 Å². The Kier molecular flexibility index (Phi) is 2.19. The van der Waals surface area contributed by atoms with Gasteiger partial charge in [0.1, 0.15) is 0 Å². The molecule has 12 heavy (non-hydrogen) atoms. The largest absolute Gasteiger partial charge is 0.366 e. The molecule has 1 aromatic heterocycles. The highest BCUT2D eigenvalue weighted by Crippen LogP contribution is 2.02. The van der Waals surface area contributed by atoms with Crippen LogP contribution >= 0.6 is 0 Å². The van der Waals surface area contributed by atoms with Crippen LogP contribution in [0, 0.1) is 0 Å². The quantitative estimate of drug-likeness (QED) is 0.642. The molecule has 62 valence electrons. The van der Waals surface area contributed by atoms with Gasteiger partial charge in [0.05, 0.1) is 5.56 Å². The first-order valence-electron chi connectivity index (χ1n) is 3.37. The van der Waals surface area contributed by atoms with Crippen molar-refractivity contribution in [3.8, 4) is 0 Å². The van der Waals surface area contributed by atoms with Crippen LogP contribution < -0.4 is 5.73 Å². The number of primary amides is 1. The first-order chi connectivity index (χ1) is 5.61. The predicted molar refractivity (Wildman–Crippen MR) is 42.8 cm³/mol. The zero-order valence-corrected chi connectivity index (χ0v) is 6.57. The molecule has 4 heteroatoms. The third kappa shape index (κ3) is 1.66. The van der Waals surface area contributed by atoms with Gasteiger partial charge in [0.15, 0.2) is 5.78 Å². The molecule has 1 aromatic rings. The van der Waals surface area contributed by atoms with Crippen molar-refractivity contribution >= 4 is 11.7 Å².